The molecule has 1 aliphatic carbocycles. The van der Waals surface area contributed by atoms with Crippen LogP contribution < -0.4 is 11.1 Å². The quantitative estimate of drug-likeness (QED) is 0.847. The van der Waals surface area contributed by atoms with Crippen molar-refractivity contribution in [3.63, 3.8) is 0 Å². The van der Waals surface area contributed by atoms with E-state index < -0.39 is 0 Å². The number of furan rings is 1. The number of nitrogens with zero attached hydrogens (tertiary/aromatic N) is 1. The minimum absolute atomic E-state index is 0. The Morgan fingerprint density at radius 2 is 2.17 bits per heavy atom. The van der Waals surface area contributed by atoms with E-state index in [0.717, 1.165) is 18.5 Å². The van der Waals surface area contributed by atoms with Gasteiger partial charge in [0.05, 0.1) is 6.26 Å². The predicted molar refractivity (Wildman–Crippen MR) is 94.9 cm³/mol. The monoisotopic (exact) mass is 355 g/mol. The summed E-state index contributed by atoms with van der Waals surface area (Å²) in [5, 5.41) is 5.40. The molecule has 23 heavy (non-hydrogen) atoms. The van der Waals surface area contributed by atoms with Gasteiger partial charge in [-0.15, -0.1) is 23.7 Å². The third-order valence-corrected chi connectivity index (χ3v) is 5.16. The van der Waals surface area contributed by atoms with Gasteiger partial charge in [0.2, 0.25) is 5.91 Å². The molecule has 0 radical (unpaired) electrons. The van der Waals surface area contributed by atoms with Gasteiger partial charge in [-0.2, -0.15) is 0 Å². The number of nitrogens with two attached hydrogens (primary N) is 1. The molecule has 3 rings (SSSR count). The first-order valence-electron chi connectivity index (χ1n) is 7.70. The van der Waals surface area contributed by atoms with E-state index >= 15 is 0 Å². The number of rotatable bonds is 5. The highest BCUT2D eigenvalue weighted by atomic mass is 35.5. The first-order valence-corrected chi connectivity index (χ1v) is 8.58. The Hall–Kier alpha value is -1.37. The second kappa shape index (κ2) is 7.95. The maximum absolute atomic E-state index is 12.3. The molecular formula is C16H22ClN3O2S. The van der Waals surface area contributed by atoms with E-state index in [0.29, 0.717) is 23.9 Å². The first kappa shape index (κ1) is 18.0. The second-order valence-corrected chi connectivity index (χ2v) is 6.86. The molecule has 1 amide bonds. The van der Waals surface area contributed by atoms with Crippen LogP contribution in [-0.2, 0) is 4.79 Å². The molecule has 0 spiro atoms. The Balaban J connectivity index is 0.00000192. The van der Waals surface area contributed by atoms with Crippen molar-refractivity contribution in [3.05, 3.63) is 23.8 Å². The minimum Gasteiger partial charge on any atom is -0.463 e. The molecule has 1 fully saturated rings. The molecular weight excluding hydrogens is 334 g/mol. The summed E-state index contributed by atoms with van der Waals surface area (Å²) in [7, 11) is 0. The summed E-state index contributed by atoms with van der Waals surface area (Å²) in [5.41, 5.74) is 6.67. The van der Waals surface area contributed by atoms with Gasteiger partial charge in [-0.05, 0) is 36.9 Å². The van der Waals surface area contributed by atoms with E-state index in [1.165, 1.54) is 30.6 Å². The van der Waals surface area contributed by atoms with Crippen molar-refractivity contribution in [1.82, 2.24) is 4.98 Å². The van der Waals surface area contributed by atoms with E-state index in [1.807, 2.05) is 17.5 Å². The highest BCUT2D eigenvalue weighted by molar-refractivity contribution is 7.14. The number of nitrogens with one attached hydrogen (secondary N) is 1. The molecule has 1 aliphatic rings. The Kier molecular flexibility index (Phi) is 6.21. The van der Waals surface area contributed by atoms with E-state index in [-0.39, 0.29) is 23.7 Å². The summed E-state index contributed by atoms with van der Waals surface area (Å²) in [6.07, 6.45) is 7.79. The molecule has 0 aromatic carbocycles. The second-order valence-electron chi connectivity index (χ2n) is 6.00. The van der Waals surface area contributed by atoms with E-state index in [2.05, 4.69) is 10.3 Å². The maximum Gasteiger partial charge on any atom is 0.226 e. The molecule has 2 heterocycles. The van der Waals surface area contributed by atoms with Gasteiger partial charge < -0.3 is 15.5 Å². The van der Waals surface area contributed by atoms with Crippen molar-refractivity contribution in [2.75, 3.05) is 11.9 Å². The molecule has 7 heteroatoms. The number of amides is 1. The fraction of sp³-hybridized carbons (Fsp3) is 0.500. The lowest BCUT2D eigenvalue weighted by atomic mass is 9.72. The summed E-state index contributed by atoms with van der Waals surface area (Å²) in [6.45, 7) is 0.579. The van der Waals surface area contributed by atoms with Gasteiger partial charge in [-0.25, -0.2) is 4.98 Å². The van der Waals surface area contributed by atoms with Crippen LogP contribution in [0.15, 0.2) is 28.2 Å². The van der Waals surface area contributed by atoms with Crippen LogP contribution in [0.2, 0.25) is 0 Å². The summed E-state index contributed by atoms with van der Waals surface area (Å²) in [6, 6.07) is 3.67. The summed E-state index contributed by atoms with van der Waals surface area (Å²) in [5.74, 6) is 0.718. The van der Waals surface area contributed by atoms with Gasteiger partial charge in [0.25, 0.3) is 0 Å². The third kappa shape index (κ3) is 4.34. The van der Waals surface area contributed by atoms with Gasteiger partial charge in [0.1, 0.15) is 5.69 Å². The number of aromatic nitrogens is 1. The number of thiazole rings is 1. The first-order chi connectivity index (χ1) is 10.7. The Morgan fingerprint density at radius 1 is 1.39 bits per heavy atom. The molecule has 5 nitrogen and oxygen atoms in total. The van der Waals surface area contributed by atoms with Gasteiger partial charge in [-0.3, -0.25) is 4.79 Å². The molecule has 3 N–H and O–H groups in total. The number of hydrogen-bond donors (Lipinski definition) is 2. The molecule has 0 aliphatic heterocycles. The number of carbonyl (C=O) groups is 1. The minimum atomic E-state index is -0.0244. The summed E-state index contributed by atoms with van der Waals surface area (Å²) >= 11 is 1.41. The fourth-order valence-corrected chi connectivity index (χ4v) is 3.84. The molecule has 2 aromatic heterocycles. The summed E-state index contributed by atoms with van der Waals surface area (Å²) in [4.78, 5) is 16.7. The van der Waals surface area contributed by atoms with Crippen molar-refractivity contribution >= 4 is 34.8 Å². The van der Waals surface area contributed by atoms with Crippen LogP contribution in [0.4, 0.5) is 5.13 Å². The molecule has 0 unspecified atom stereocenters. The molecule has 0 atom stereocenters. The molecule has 1 saturated carbocycles. The lowest BCUT2D eigenvalue weighted by molar-refractivity contribution is -0.118. The Morgan fingerprint density at radius 3 is 2.83 bits per heavy atom. The topological polar surface area (TPSA) is 81.2 Å². The van der Waals surface area contributed by atoms with Crippen LogP contribution in [-0.4, -0.2) is 17.4 Å². The zero-order chi connectivity index (χ0) is 15.4. The largest absolute Gasteiger partial charge is 0.463 e. The normalized spacial score (nSPS) is 16.6. The van der Waals surface area contributed by atoms with Gasteiger partial charge in [0.15, 0.2) is 10.9 Å². The van der Waals surface area contributed by atoms with Crippen LogP contribution in [0, 0.1) is 5.41 Å². The SMILES string of the molecule is Cl.NCC1(CC(=O)Nc2nc(-c3ccco3)cs2)CCCCC1. The average Bonchev–Trinajstić information content (AvgIpc) is 3.19. The van der Waals surface area contributed by atoms with Gasteiger partial charge in [0, 0.05) is 11.8 Å². The van der Waals surface area contributed by atoms with Crippen LogP contribution >= 0.6 is 23.7 Å². The molecule has 2 aromatic rings. The van der Waals surface area contributed by atoms with Gasteiger partial charge in [-0.1, -0.05) is 19.3 Å². The number of halogens is 1. The third-order valence-electron chi connectivity index (χ3n) is 4.41. The van der Waals surface area contributed by atoms with Crippen molar-refractivity contribution in [2.24, 2.45) is 11.1 Å². The molecule has 126 valence electrons. The van der Waals surface area contributed by atoms with E-state index in [4.69, 9.17) is 10.2 Å². The van der Waals surface area contributed by atoms with Gasteiger partial charge >= 0.3 is 0 Å². The zero-order valence-corrected chi connectivity index (χ0v) is 14.5. The maximum atomic E-state index is 12.3. The van der Waals surface area contributed by atoms with E-state index in [9.17, 15) is 4.79 Å². The highest BCUT2D eigenvalue weighted by Crippen LogP contribution is 2.38. The number of anilines is 1. The van der Waals surface area contributed by atoms with Crippen LogP contribution in [0.1, 0.15) is 38.5 Å². The van der Waals surface area contributed by atoms with Crippen molar-refractivity contribution in [2.45, 2.75) is 38.5 Å². The average molecular weight is 356 g/mol. The molecule has 0 bridgehead atoms. The standard InChI is InChI=1S/C16H21N3O2S.ClH/c17-11-16(6-2-1-3-7-16)9-14(20)19-15-18-12(10-22-15)13-5-4-8-21-13;/h4-5,8,10H,1-3,6-7,9,11,17H2,(H,18,19,20);1H. The van der Waals surface area contributed by atoms with Crippen LogP contribution in [0.5, 0.6) is 0 Å². The van der Waals surface area contributed by atoms with Crippen LogP contribution in [0.3, 0.4) is 0 Å². The van der Waals surface area contributed by atoms with Crippen molar-refractivity contribution < 1.29 is 9.21 Å². The van der Waals surface area contributed by atoms with Crippen molar-refractivity contribution in [1.29, 1.82) is 0 Å². The summed E-state index contributed by atoms with van der Waals surface area (Å²) < 4.78 is 5.31. The Labute approximate surface area is 146 Å². The highest BCUT2D eigenvalue weighted by Gasteiger charge is 2.33. The lowest BCUT2D eigenvalue weighted by Gasteiger charge is -2.35. The fourth-order valence-electron chi connectivity index (χ4n) is 3.13. The Bertz CT molecular complexity index is 621. The number of hydrogen-bond acceptors (Lipinski definition) is 5. The lowest BCUT2D eigenvalue weighted by Crippen LogP contribution is -2.36. The molecule has 0 saturated heterocycles. The van der Waals surface area contributed by atoms with Crippen molar-refractivity contribution in [3.8, 4) is 11.5 Å². The predicted octanol–water partition coefficient (Wildman–Crippen LogP) is 4.06. The van der Waals surface area contributed by atoms with E-state index in [1.54, 1.807) is 6.26 Å². The number of carbonyl (C=O) groups excluding carboxylic acids is 1. The zero-order valence-electron chi connectivity index (χ0n) is 12.9. The smallest absolute Gasteiger partial charge is 0.226 e. The van der Waals surface area contributed by atoms with Crippen LogP contribution in [0.25, 0.3) is 11.5 Å².